The van der Waals surface area contributed by atoms with E-state index < -0.39 is 12.4 Å². The first-order chi connectivity index (χ1) is 9.39. The van der Waals surface area contributed by atoms with Gasteiger partial charge in [-0.25, -0.2) is 0 Å². The summed E-state index contributed by atoms with van der Waals surface area (Å²) < 4.78 is 44.9. The van der Waals surface area contributed by atoms with Gasteiger partial charge in [0.1, 0.15) is 11.8 Å². The zero-order chi connectivity index (χ0) is 14.8. The normalized spacial score (nSPS) is 13.2. The highest BCUT2D eigenvalue weighted by Gasteiger charge is 2.31. The maximum Gasteiger partial charge on any atom is 0.573 e. The highest BCUT2D eigenvalue weighted by atomic mass is 19.4. The van der Waals surface area contributed by atoms with Gasteiger partial charge in [0, 0.05) is 5.56 Å². The molecule has 0 radical (unpaired) electrons. The number of ether oxygens (including phenoxy) is 1. The minimum Gasteiger partial charge on any atom is -0.419 e. The Labute approximate surface area is 111 Å². The van der Waals surface area contributed by atoms with Gasteiger partial charge in [0.2, 0.25) is 11.8 Å². The lowest BCUT2D eigenvalue weighted by molar-refractivity contribution is -0.274. The Morgan fingerprint density at radius 3 is 2.45 bits per heavy atom. The number of rotatable bonds is 4. The van der Waals surface area contributed by atoms with Crippen LogP contribution in [-0.4, -0.2) is 28.3 Å². The van der Waals surface area contributed by atoms with Crippen LogP contribution in [0.4, 0.5) is 13.2 Å². The van der Waals surface area contributed by atoms with E-state index in [1.807, 2.05) is 0 Å². The fourth-order valence-corrected chi connectivity index (χ4v) is 1.38. The van der Waals surface area contributed by atoms with Crippen molar-refractivity contribution >= 4 is 0 Å². The molecule has 2 aromatic rings. The van der Waals surface area contributed by atoms with E-state index in [0.29, 0.717) is 5.56 Å². The van der Waals surface area contributed by atoms with E-state index in [1.165, 1.54) is 12.1 Å². The van der Waals surface area contributed by atoms with Gasteiger partial charge in [-0.15, -0.1) is 23.4 Å². The number of alkyl halides is 3. The van der Waals surface area contributed by atoms with Crippen LogP contribution in [0.5, 0.6) is 5.75 Å². The first kappa shape index (κ1) is 14.3. The van der Waals surface area contributed by atoms with Gasteiger partial charge in [-0.1, -0.05) is 0 Å². The minimum absolute atomic E-state index is 0.0399. The Bertz CT molecular complexity index is 568. The molecule has 1 aromatic carbocycles. The van der Waals surface area contributed by atoms with Crippen molar-refractivity contribution in [2.24, 2.45) is 5.73 Å². The summed E-state index contributed by atoms with van der Waals surface area (Å²) in [7, 11) is 0. The van der Waals surface area contributed by atoms with Crippen molar-refractivity contribution in [1.82, 2.24) is 10.2 Å². The first-order valence-electron chi connectivity index (χ1n) is 5.45. The summed E-state index contributed by atoms with van der Waals surface area (Å²) in [6.07, 6.45) is -4.74. The highest BCUT2D eigenvalue weighted by Crippen LogP contribution is 2.26. The molecular formula is C11H10F3N3O3. The van der Waals surface area contributed by atoms with E-state index in [1.54, 1.807) is 0 Å². The number of aromatic nitrogens is 2. The standard InChI is InChI=1S/C11H10F3N3O3/c12-11(13,14)20-7-3-1-6(2-4-7)9-16-17-10(19-9)8(15)5-18/h1-4,8,18H,5,15H2/t8-/m0/s1. The number of hydrogen-bond acceptors (Lipinski definition) is 6. The third-order valence-electron chi connectivity index (χ3n) is 2.29. The number of halogens is 3. The molecule has 108 valence electrons. The average molecular weight is 289 g/mol. The number of aliphatic hydroxyl groups is 1. The summed E-state index contributed by atoms with van der Waals surface area (Å²) in [5, 5.41) is 16.2. The third kappa shape index (κ3) is 3.45. The van der Waals surface area contributed by atoms with Gasteiger partial charge in [0.15, 0.2) is 0 Å². The third-order valence-corrected chi connectivity index (χ3v) is 2.29. The van der Waals surface area contributed by atoms with Crippen molar-refractivity contribution in [2.45, 2.75) is 12.4 Å². The molecule has 0 saturated carbocycles. The number of hydrogen-bond donors (Lipinski definition) is 2. The Hall–Kier alpha value is -2.13. The van der Waals surface area contributed by atoms with Gasteiger partial charge in [0.05, 0.1) is 6.61 Å². The van der Waals surface area contributed by atoms with Gasteiger partial charge in [-0.05, 0) is 24.3 Å². The van der Waals surface area contributed by atoms with Crippen LogP contribution < -0.4 is 10.5 Å². The summed E-state index contributed by atoms with van der Waals surface area (Å²) in [6, 6.07) is 4.12. The molecule has 0 spiro atoms. The molecule has 9 heteroatoms. The number of aliphatic hydroxyl groups excluding tert-OH is 1. The molecule has 0 fully saturated rings. The van der Waals surface area contributed by atoms with Crippen molar-refractivity contribution in [3.05, 3.63) is 30.2 Å². The minimum atomic E-state index is -4.74. The Balaban J connectivity index is 2.15. The second-order valence-corrected chi connectivity index (χ2v) is 3.81. The van der Waals surface area contributed by atoms with Crippen LogP contribution in [0.2, 0.25) is 0 Å². The zero-order valence-electron chi connectivity index (χ0n) is 9.96. The van der Waals surface area contributed by atoms with Crippen LogP contribution in [-0.2, 0) is 0 Å². The molecule has 1 aromatic heterocycles. The molecule has 1 atom stereocenters. The molecule has 0 aliphatic carbocycles. The molecule has 0 unspecified atom stereocenters. The van der Waals surface area contributed by atoms with Crippen LogP contribution in [0, 0.1) is 0 Å². The van der Waals surface area contributed by atoms with E-state index in [2.05, 4.69) is 14.9 Å². The van der Waals surface area contributed by atoms with Gasteiger partial charge >= 0.3 is 6.36 Å². The fraction of sp³-hybridized carbons (Fsp3) is 0.273. The van der Waals surface area contributed by atoms with Crippen molar-refractivity contribution in [1.29, 1.82) is 0 Å². The Kier molecular flexibility index (Phi) is 3.91. The fourth-order valence-electron chi connectivity index (χ4n) is 1.38. The maximum absolute atomic E-state index is 12.0. The Morgan fingerprint density at radius 1 is 1.25 bits per heavy atom. The van der Waals surface area contributed by atoms with Crippen LogP contribution in [0.25, 0.3) is 11.5 Å². The molecule has 1 heterocycles. The maximum atomic E-state index is 12.0. The molecule has 0 aliphatic rings. The second-order valence-electron chi connectivity index (χ2n) is 3.81. The zero-order valence-corrected chi connectivity index (χ0v) is 9.96. The molecule has 0 amide bonds. The first-order valence-corrected chi connectivity index (χ1v) is 5.45. The highest BCUT2D eigenvalue weighted by molar-refractivity contribution is 5.54. The summed E-state index contributed by atoms with van der Waals surface area (Å²) >= 11 is 0. The lowest BCUT2D eigenvalue weighted by Gasteiger charge is -2.08. The monoisotopic (exact) mass is 289 g/mol. The van der Waals surface area contributed by atoms with Gasteiger partial charge < -0.3 is 20.0 Å². The van der Waals surface area contributed by atoms with Crippen LogP contribution in [0.3, 0.4) is 0 Å². The van der Waals surface area contributed by atoms with Crippen LogP contribution >= 0.6 is 0 Å². The van der Waals surface area contributed by atoms with Crippen molar-refractivity contribution in [3.8, 4) is 17.2 Å². The van der Waals surface area contributed by atoms with E-state index in [0.717, 1.165) is 12.1 Å². The van der Waals surface area contributed by atoms with Crippen LogP contribution in [0.1, 0.15) is 11.9 Å². The molecular weight excluding hydrogens is 279 g/mol. The smallest absolute Gasteiger partial charge is 0.419 e. The molecule has 20 heavy (non-hydrogen) atoms. The van der Waals surface area contributed by atoms with Crippen LogP contribution in [0.15, 0.2) is 28.7 Å². The Morgan fingerprint density at radius 2 is 1.90 bits per heavy atom. The summed E-state index contributed by atoms with van der Waals surface area (Å²) in [5.74, 6) is -0.228. The number of nitrogens with zero attached hydrogens (tertiary/aromatic N) is 2. The predicted molar refractivity (Wildman–Crippen MR) is 60.4 cm³/mol. The van der Waals surface area contributed by atoms with E-state index >= 15 is 0 Å². The van der Waals surface area contributed by atoms with E-state index in [4.69, 9.17) is 15.3 Å². The molecule has 0 bridgehead atoms. The topological polar surface area (TPSA) is 94.4 Å². The molecule has 3 N–H and O–H groups in total. The average Bonchev–Trinajstić information content (AvgIpc) is 2.86. The number of benzene rings is 1. The molecule has 6 nitrogen and oxygen atoms in total. The lowest BCUT2D eigenvalue weighted by atomic mass is 10.2. The largest absolute Gasteiger partial charge is 0.573 e. The van der Waals surface area contributed by atoms with Crippen molar-refractivity contribution < 1.29 is 27.4 Å². The second kappa shape index (κ2) is 5.47. The molecule has 2 rings (SSSR count). The van der Waals surface area contributed by atoms with Crippen molar-refractivity contribution in [3.63, 3.8) is 0 Å². The number of nitrogens with two attached hydrogens (primary N) is 1. The van der Waals surface area contributed by atoms with Gasteiger partial charge in [0.25, 0.3) is 0 Å². The lowest BCUT2D eigenvalue weighted by Crippen LogP contribution is -2.16. The van der Waals surface area contributed by atoms with Gasteiger partial charge in [-0.2, -0.15) is 0 Å². The molecule has 0 aliphatic heterocycles. The molecule has 0 saturated heterocycles. The summed E-state index contributed by atoms with van der Waals surface area (Å²) in [4.78, 5) is 0. The van der Waals surface area contributed by atoms with Crippen molar-refractivity contribution in [2.75, 3.05) is 6.61 Å². The summed E-state index contributed by atoms with van der Waals surface area (Å²) in [5.41, 5.74) is 5.89. The van der Waals surface area contributed by atoms with Gasteiger partial charge in [-0.3, -0.25) is 0 Å². The SMILES string of the molecule is N[C@@H](CO)c1nnc(-c2ccc(OC(F)(F)F)cc2)o1. The predicted octanol–water partition coefficient (Wildman–Crippen LogP) is 1.63. The quantitative estimate of drug-likeness (QED) is 0.888. The summed E-state index contributed by atoms with van der Waals surface area (Å²) in [6.45, 7) is -0.361. The van der Waals surface area contributed by atoms with E-state index in [-0.39, 0.29) is 24.1 Å². The van der Waals surface area contributed by atoms with E-state index in [9.17, 15) is 13.2 Å².